The SMILES string of the molecule is O=C1C=CC=CC1=CNCCNC=C1C=CC=CC1=O.[O]=[V]. The van der Waals surface area contributed by atoms with E-state index >= 15 is 0 Å². The molecule has 0 heterocycles. The summed E-state index contributed by atoms with van der Waals surface area (Å²) in [4.78, 5) is 22.9. The van der Waals surface area contributed by atoms with Gasteiger partial charge in [-0.15, -0.1) is 0 Å². The molecule has 0 radical (unpaired) electrons. The molecule has 0 spiro atoms. The van der Waals surface area contributed by atoms with Crippen LogP contribution in [0.25, 0.3) is 0 Å². The van der Waals surface area contributed by atoms with Crippen LogP contribution >= 0.6 is 0 Å². The van der Waals surface area contributed by atoms with Crippen molar-refractivity contribution in [2.45, 2.75) is 0 Å². The molecule has 2 aliphatic carbocycles. The minimum atomic E-state index is -0.000182. The van der Waals surface area contributed by atoms with Crippen LogP contribution in [0.1, 0.15) is 0 Å². The molecule has 0 unspecified atom stereocenters. The number of carbonyl (C=O) groups is 2. The zero-order chi connectivity index (χ0) is 16.2. The average Bonchev–Trinajstić information content (AvgIpc) is 2.56. The number of carbonyl (C=O) groups excluding carboxylic acids is 2. The predicted octanol–water partition coefficient (Wildman–Crippen LogP) is 1.20. The Kier molecular flexibility index (Phi) is 8.49. The van der Waals surface area contributed by atoms with Crippen molar-refractivity contribution in [3.63, 3.8) is 0 Å². The minimum absolute atomic E-state index is 0.000182. The van der Waals surface area contributed by atoms with Crippen LogP contribution in [0.2, 0.25) is 0 Å². The van der Waals surface area contributed by atoms with Crippen molar-refractivity contribution >= 4 is 11.6 Å². The van der Waals surface area contributed by atoms with Crippen LogP contribution < -0.4 is 10.6 Å². The van der Waals surface area contributed by atoms with Gasteiger partial charge in [0.05, 0.1) is 0 Å². The van der Waals surface area contributed by atoms with Crippen LogP contribution in [0.15, 0.2) is 72.2 Å². The van der Waals surface area contributed by atoms with Crippen molar-refractivity contribution in [3.05, 3.63) is 72.2 Å². The molecule has 0 bridgehead atoms. The van der Waals surface area contributed by atoms with Crippen LogP contribution in [0.5, 0.6) is 0 Å². The van der Waals surface area contributed by atoms with E-state index in [4.69, 9.17) is 3.67 Å². The summed E-state index contributed by atoms with van der Waals surface area (Å²) < 4.78 is 8.19. The predicted molar refractivity (Wildman–Crippen MR) is 79.4 cm³/mol. The van der Waals surface area contributed by atoms with Crippen molar-refractivity contribution in [1.82, 2.24) is 10.6 Å². The van der Waals surface area contributed by atoms with Gasteiger partial charge in [-0.3, -0.25) is 9.59 Å². The zero-order valence-electron chi connectivity index (χ0n) is 11.9. The average molecular weight is 335 g/mol. The van der Waals surface area contributed by atoms with Gasteiger partial charge in [0.2, 0.25) is 0 Å². The van der Waals surface area contributed by atoms with Crippen molar-refractivity contribution < 1.29 is 30.6 Å². The molecule has 2 rings (SSSR count). The Morgan fingerprint density at radius 3 is 1.45 bits per heavy atom. The molecule has 6 heteroatoms. The summed E-state index contributed by atoms with van der Waals surface area (Å²) in [6, 6.07) is 0. The van der Waals surface area contributed by atoms with E-state index < -0.39 is 0 Å². The first-order chi connectivity index (χ1) is 10.8. The van der Waals surface area contributed by atoms with Crippen molar-refractivity contribution in [3.8, 4) is 0 Å². The third-order valence-electron chi connectivity index (χ3n) is 2.77. The quantitative estimate of drug-likeness (QED) is 0.583. The summed E-state index contributed by atoms with van der Waals surface area (Å²) >= 11 is 1.06. The topological polar surface area (TPSA) is 75.3 Å². The Hall–Kier alpha value is -2.24. The van der Waals surface area contributed by atoms with E-state index in [1.54, 1.807) is 36.7 Å². The molecule has 2 aliphatic rings. The van der Waals surface area contributed by atoms with E-state index in [2.05, 4.69) is 10.6 Å². The van der Waals surface area contributed by atoms with E-state index in [0.29, 0.717) is 24.2 Å². The molecule has 113 valence electrons. The van der Waals surface area contributed by atoms with E-state index in [-0.39, 0.29) is 11.6 Å². The fraction of sp³-hybridized carbons (Fsp3) is 0.125. The molecule has 0 amide bonds. The molecule has 0 aromatic rings. The summed E-state index contributed by atoms with van der Waals surface area (Å²) in [6.45, 7) is 1.32. The first kappa shape index (κ1) is 17.8. The number of rotatable bonds is 5. The van der Waals surface area contributed by atoms with Crippen molar-refractivity contribution in [2.24, 2.45) is 0 Å². The van der Waals surface area contributed by atoms with E-state index in [1.165, 1.54) is 12.2 Å². The Labute approximate surface area is 138 Å². The summed E-state index contributed by atoms with van der Waals surface area (Å²) in [5, 5.41) is 6.12. The van der Waals surface area contributed by atoms with Crippen LogP contribution in [0.4, 0.5) is 0 Å². The fourth-order valence-electron chi connectivity index (χ4n) is 1.71. The number of allylic oxidation sites excluding steroid dienone is 10. The second kappa shape index (κ2) is 10.5. The monoisotopic (exact) mass is 335 g/mol. The molecule has 0 atom stereocenters. The van der Waals surface area contributed by atoms with Gasteiger partial charge in [0.15, 0.2) is 11.6 Å². The molecule has 2 N–H and O–H groups in total. The Morgan fingerprint density at radius 2 is 1.09 bits per heavy atom. The van der Waals surface area contributed by atoms with Gasteiger partial charge < -0.3 is 10.6 Å². The van der Waals surface area contributed by atoms with E-state index in [0.717, 1.165) is 17.4 Å². The fourth-order valence-corrected chi connectivity index (χ4v) is 1.71. The third kappa shape index (κ3) is 6.03. The third-order valence-corrected chi connectivity index (χ3v) is 2.77. The molecule has 0 saturated carbocycles. The van der Waals surface area contributed by atoms with Crippen molar-refractivity contribution in [1.29, 1.82) is 0 Å². The van der Waals surface area contributed by atoms with Gasteiger partial charge in [-0.25, -0.2) is 0 Å². The van der Waals surface area contributed by atoms with Gasteiger partial charge >= 0.3 is 21.0 Å². The summed E-state index contributed by atoms with van der Waals surface area (Å²) in [5.74, 6) is -0.000363. The molecule has 22 heavy (non-hydrogen) atoms. The molecule has 0 aromatic heterocycles. The standard InChI is InChI=1S/C16H16N2O2.O.V/c19-15-7-3-1-5-13(15)11-17-9-10-18-12-14-6-2-4-8-16(14)20;;/h1-8,11-12,17-18H,9-10H2;;. The molecule has 5 nitrogen and oxygen atoms in total. The summed E-state index contributed by atoms with van der Waals surface area (Å²) in [7, 11) is 0. The summed E-state index contributed by atoms with van der Waals surface area (Å²) in [5.41, 5.74) is 1.28. The molecule has 0 saturated heterocycles. The first-order valence-corrected chi connectivity index (χ1v) is 7.18. The van der Waals surface area contributed by atoms with Crippen LogP contribution in [0.3, 0.4) is 0 Å². The zero-order valence-corrected chi connectivity index (χ0v) is 13.3. The van der Waals surface area contributed by atoms with Gasteiger partial charge in [0, 0.05) is 36.6 Å². The molecule has 0 aromatic carbocycles. The number of ketones is 2. The molecule has 0 fully saturated rings. The van der Waals surface area contributed by atoms with E-state index in [1.807, 2.05) is 12.2 Å². The maximum atomic E-state index is 11.4. The Morgan fingerprint density at radius 1 is 0.727 bits per heavy atom. The maximum absolute atomic E-state index is 11.4. The van der Waals surface area contributed by atoms with E-state index in [9.17, 15) is 9.59 Å². The van der Waals surface area contributed by atoms with Gasteiger partial charge in [0.1, 0.15) is 0 Å². The number of hydrogen-bond donors (Lipinski definition) is 2. The molecular weight excluding hydrogens is 319 g/mol. The van der Waals surface area contributed by atoms with Crippen LogP contribution in [-0.2, 0) is 30.6 Å². The number of nitrogens with one attached hydrogen (secondary N) is 2. The van der Waals surface area contributed by atoms with Gasteiger partial charge in [0.25, 0.3) is 0 Å². The Bertz CT molecular complexity index is 547. The molecule has 0 aliphatic heterocycles. The summed E-state index contributed by atoms with van der Waals surface area (Å²) in [6.07, 6.45) is 17.1. The normalized spacial score (nSPS) is 19.2. The number of hydrogen-bond acceptors (Lipinski definition) is 5. The second-order valence-corrected chi connectivity index (χ2v) is 4.27. The van der Waals surface area contributed by atoms with Crippen molar-refractivity contribution in [2.75, 3.05) is 13.1 Å². The first-order valence-electron chi connectivity index (χ1n) is 6.61. The van der Waals surface area contributed by atoms with Gasteiger partial charge in [-0.2, -0.15) is 0 Å². The molecular formula is C16H16N2O3V. The van der Waals surface area contributed by atoms with Crippen LogP contribution in [0, 0.1) is 0 Å². The van der Waals surface area contributed by atoms with Gasteiger partial charge in [-0.05, 0) is 24.3 Å². The second-order valence-electron chi connectivity index (χ2n) is 4.27. The van der Waals surface area contributed by atoms with Gasteiger partial charge in [-0.1, -0.05) is 24.3 Å². The Balaban J connectivity index is 0.00000116. The van der Waals surface area contributed by atoms with Crippen LogP contribution in [-0.4, -0.2) is 24.7 Å².